The first-order valence-corrected chi connectivity index (χ1v) is 14.7. The Kier molecular flexibility index (Phi) is 10.1. The maximum atomic E-state index is 14.0. The molecular weight excluding hydrogens is 498 g/mol. The van der Waals surface area contributed by atoms with E-state index in [-0.39, 0.29) is 18.5 Å². The van der Waals surface area contributed by atoms with Gasteiger partial charge in [0.15, 0.2) is 0 Å². The van der Waals surface area contributed by atoms with E-state index in [4.69, 9.17) is 0 Å². The summed E-state index contributed by atoms with van der Waals surface area (Å²) in [6.07, 6.45) is 2.12. The summed E-state index contributed by atoms with van der Waals surface area (Å²) in [6, 6.07) is 24.9. The van der Waals surface area contributed by atoms with Gasteiger partial charge in [0.1, 0.15) is 12.6 Å². The summed E-state index contributed by atoms with van der Waals surface area (Å²) >= 11 is 0. The van der Waals surface area contributed by atoms with Crippen LogP contribution in [-0.4, -0.2) is 50.0 Å². The van der Waals surface area contributed by atoms with Crippen molar-refractivity contribution in [3.8, 4) is 0 Å². The highest BCUT2D eigenvalue weighted by molar-refractivity contribution is 7.92. The van der Waals surface area contributed by atoms with Crippen LogP contribution in [0.3, 0.4) is 0 Å². The standard InChI is InChI=1S/C30H37N3O4S/c1-5-24(3)31-30(35)28(20-25-12-8-6-9-13-25)32(21-26-18-16-23(2)17-19-26)29(34)22-33(38(4,36)37)27-14-10-7-11-15-27/h6-19,24,28H,5,20-22H2,1-4H3,(H,31,35)/t24-,28+/m0/s1. The quantitative estimate of drug-likeness (QED) is 0.374. The molecule has 7 nitrogen and oxygen atoms in total. The van der Waals surface area contributed by atoms with Gasteiger partial charge in [-0.2, -0.15) is 0 Å². The number of sulfonamides is 1. The second-order valence-electron chi connectivity index (χ2n) is 9.64. The minimum atomic E-state index is -3.77. The average Bonchev–Trinajstić information content (AvgIpc) is 2.90. The molecule has 3 rings (SSSR count). The van der Waals surface area contributed by atoms with Gasteiger partial charge < -0.3 is 10.2 Å². The zero-order valence-corrected chi connectivity index (χ0v) is 23.3. The lowest BCUT2D eigenvalue weighted by Gasteiger charge is -2.34. The Morgan fingerprint density at radius 1 is 0.868 bits per heavy atom. The number of nitrogens with one attached hydrogen (secondary N) is 1. The Labute approximate surface area is 226 Å². The van der Waals surface area contributed by atoms with Crippen molar-refractivity contribution in [2.75, 3.05) is 17.1 Å². The minimum absolute atomic E-state index is 0.0751. The number of amides is 2. The topological polar surface area (TPSA) is 86.8 Å². The van der Waals surface area contributed by atoms with Crippen LogP contribution in [0.25, 0.3) is 0 Å². The lowest BCUT2D eigenvalue weighted by Crippen LogP contribution is -2.54. The molecule has 0 spiro atoms. The van der Waals surface area contributed by atoms with Gasteiger partial charge >= 0.3 is 0 Å². The fourth-order valence-corrected chi connectivity index (χ4v) is 4.94. The van der Waals surface area contributed by atoms with Crippen molar-refractivity contribution < 1.29 is 18.0 Å². The maximum Gasteiger partial charge on any atom is 0.244 e. The molecule has 3 aromatic rings. The maximum absolute atomic E-state index is 14.0. The second-order valence-corrected chi connectivity index (χ2v) is 11.5. The van der Waals surface area contributed by atoms with E-state index in [1.54, 1.807) is 30.3 Å². The number of nitrogens with zero attached hydrogens (tertiary/aromatic N) is 2. The first-order chi connectivity index (χ1) is 18.1. The van der Waals surface area contributed by atoms with Crippen LogP contribution < -0.4 is 9.62 Å². The van der Waals surface area contributed by atoms with Crippen LogP contribution in [0.4, 0.5) is 5.69 Å². The normalized spacial score (nSPS) is 12.8. The molecule has 1 N–H and O–H groups in total. The Hall–Kier alpha value is -3.65. The van der Waals surface area contributed by atoms with E-state index in [0.29, 0.717) is 12.1 Å². The summed E-state index contributed by atoms with van der Waals surface area (Å²) in [6.45, 7) is 5.63. The molecular formula is C30H37N3O4S. The molecule has 0 heterocycles. The number of rotatable bonds is 12. The van der Waals surface area contributed by atoms with E-state index in [2.05, 4.69) is 5.32 Å². The number of carbonyl (C=O) groups excluding carboxylic acids is 2. The third kappa shape index (κ3) is 8.18. The fourth-order valence-electron chi connectivity index (χ4n) is 4.09. The van der Waals surface area contributed by atoms with Crippen molar-refractivity contribution in [2.24, 2.45) is 0 Å². The predicted molar refractivity (Wildman–Crippen MR) is 152 cm³/mol. The van der Waals surface area contributed by atoms with Crippen LogP contribution in [0, 0.1) is 6.92 Å². The van der Waals surface area contributed by atoms with Gasteiger partial charge in [-0.15, -0.1) is 0 Å². The van der Waals surface area contributed by atoms with Gasteiger partial charge in [-0.1, -0.05) is 85.3 Å². The van der Waals surface area contributed by atoms with Crippen molar-refractivity contribution in [1.29, 1.82) is 0 Å². The van der Waals surface area contributed by atoms with Crippen molar-refractivity contribution in [3.63, 3.8) is 0 Å². The molecule has 0 saturated heterocycles. The molecule has 0 fully saturated rings. The van der Waals surface area contributed by atoms with E-state index in [9.17, 15) is 18.0 Å². The monoisotopic (exact) mass is 535 g/mol. The van der Waals surface area contributed by atoms with E-state index in [1.807, 2.05) is 75.4 Å². The first-order valence-electron chi connectivity index (χ1n) is 12.8. The number of aryl methyl sites for hydroxylation is 1. The number of carbonyl (C=O) groups is 2. The predicted octanol–water partition coefficient (Wildman–Crippen LogP) is 4.32. The zero-order chi connectivity index (χ0) is 27.7. The molecule has 0 bridgehead atoms. The minimum Gasteiger partial charge on any atom is -0.352 e. The van der Waals surface area contributed by atoms with Crippen molar-refractivity contribution >= 4 is 27.5 Å². The lowest BCUT2D eigenvalue weighted by atomic mass is 10.0. The molecule has 8 heteroatoms. The van der Waals surface area contributed by atoms with Crippen LogP contribution in [-0.2, 0) is 32.6 Å². The Bertz CT molecular complexity index is 1300. The van der Waals surface area contributed by atoms with Crippen LogP contribution in [0.1, 0.15) is 37.0 Å². The summed E-state index contributed by atoms with van der Waals surface area (Å²) in [4.78, 5) is 29.1. The Morgan fingerprint density at radius 3 is 2.00 bits per heavy atom. The average molecular weight is 536 g/mol. The van der Waals surface area contributed by atoms with E-state index in [0.717, 1.165) is 33.7 Å². The number of benzene rings is 3. The van der Waals surface area contributed by atoms with Gasteiger partial charge in [0.05, 0.1) is 11.9 Å². The van der Waals surface area contributed by atoms with E-state index in [1.165, 1.54) is 4.90 Å². The van der Waals surface area contributed by atoms with Gasteiger partial charge in [-0.25, -0.2) is 8.42 Å². The Morgan fingerprint density at radius 2 is 1.45 bits per heavy atom. The third-order valence-electron chi connectivity index (χ3n) is 6.47. The Balaban J connectivity index is 2.03. The molecule has 2 atom stereocenters. The molecule has 0 aromatic heterocycles. The highest BCUT2D eigenvalue weighted by Gasteiger charge is 2.33. The third-order valence-corrected chi connectivity index (χ3v) is 7.61. The van der Waals surface area contributed by atoms with Gasteiger partial charge in [-0.3, -0.25) is 13.9 Å². The first kappa shape index (κ1) is 28.9. The molecule has 0 unspecified atom stereocenters. The molecule has 0 radical (unpaired) electrons. The van der Waals surface area contributed by atoms with E-state index >= 15 is 0 Å². The van der Waals surface area contributed by atoms with Crippen molar-refractivity contribution in [1.82, 2.24) is 10.2 Å². The van der Waals surface area contributed by atoms with Gasteiger partial charge in [0.2, 0.25) is 21.8 Å². The molecule has 3 aromatic carbocycles. The lowest BCUT2D eigenvalue weighted by molar-refractivity contribution is -0.140. The summed E-state index contributed by atoms with van der Waals surface area (Å²) in [5.74, 6) is -0.727. The number of hydrogen-bond donors (Lipinski definition) is 1. The summed E-state index contributed by atoms with van der Waals surface area (Å²) in [5, 5.41) is 3.03. The van der Waals surface area contributed by atoms with Crippen LogP contribution in [0.2, 0.25) is 0 Å². The van der Waals surface area contributed by atoms with Crippen molar-refractivity contribution in [3.05, 3.63) is 102 Å². The van der Waals surface area contributed by atoms with Crippen molar-refractivity contribution in [2.45, 2.75) is 52.2 Å². The number of anilines is 1. The van der Waals surface area contributed by atoms with Crippen LogP contribution in [0.5, 0.6) is 0 Å². The van der Waals surface area contributed by atoms with E-state index < -0.39 is 28.5 Å². The second kappa shape index (κ2) is 13.2. The van der Waals surface area contributed by atoms with Gasteiger partial charge in [0.25, 0.3) is 0 Å². The fraction of sp³-hybridized carbons (Fsp3) is 0.333. The molecule has 2 amide bonds. The van der Waals surface area contributed by atoms with Gasteiger partial charge in [0, 0.05) is 19.0 Å². The van der Waals surface area contributed by atoms with Gasteiger partial charge in [-0.05, 0) is 43.5 Å². The SMILES string of the molecule is CC[C@H](C)NC(=O)[C@@H](Cc1ccccc1)N(Cc1ccc(C)cc1)C(=O)CN(c1ccccc1)S(C)(=O)=O. The highest BCUT2D eigenvalue weighted by Crippen LogP contribution is 2.20. The number of hydrogen-bond acceptors (Lipinski definition) is 4. The molecule has 38 heavy (non-hydrogen) atoms. The smallest absolute Gasteiger partial charge is 0.244 e. The van der Waals surface area contributed by atoms with Crippen LogP contribution >= 0.6 is 0 Å². The molecule has 202 valence electrons. The zero-order valence-electron chi connectivity index (χ0n) is 22.5. The summed E-state index contributed by atoms with van der Waals surface area (Å²) in [5.41, 5.74) is 3.22. The largest absolute Gasteiger partial charge is 0.352 e. The highest BCUT2D eigenvalue weighted by atomic mass is 32.2. The molecule has 0 saturated carbocycles. The number of para-hydroxylation sites is 1. The summed E-state index contributed by atoms with van der Waals surface area (Å²) in [7, 11) is -3.77. The summed E-state index contributed by atoms with van der Waals surface area (Å²) < 4.78 is 26.6. The molecule has 0 aliphatic carbocycles. The molecule has 0 aliphatic rings. The van der Waals surface area contributed by atoms with Crippen LogP contribution in [0.15, 0.2) is 84.9 Å². The molecule has 0 aliphatic heterocycles.